The molecule has 2 aromatic rings. The van der Waals surface area contributed by atoms with Gasteiger partial charge in [-0.3, -0.25) is 9.59 Å². The molecule has 1 N–H and O–H groups in total. The van der Waals surface area contributed by atoms with Crippen LogP contribution in [0.25, 0.3) is 0 Å². The highest BCUT2D eigenvalue weighted by Gasteiger charge is 2.28. The minimum atomic E-state index is -0.606. The van der Waals surface area contributed by atoms with Gasteiger partial charge in [-0.05, 0) is 55.2 Å². The van der Waals surface area contributed by atoms with Crippen LogP contribution in [0.1, 0.15) is 43.7 Å². The van der Waals surface area contributed by atoms with Gasteiger partial charge >= 0.3 is 0 Å². The molecule has 8 heteroatoms. The number of amides is 2. The lowest BCUT2D eigenvalue weighted by molar-refractivity contribution is -0.138. The first kappa shape index (κ1) is 25.2. The Morgan fingerprint density at radius 3 is 2.38 bits per heavy atom. The second kappa shape index (κ2) is 12.2. The highest BCUT2D eigenvalue weighted by atomic mass is 35.5. The molecule has 0 heterocycles. The van der Waals surface area contributed by atoms with Crippen molar-refractivity contribution in [2.24, 2.45) is 0 Å². The number of rotatable bonds is 9. The molecule has 0 aromatic heterocycles. The van der Waals surface area contributed by atoms with Crippen molar-refractivity contribution in [3.63, 3.8) is 0 Å². The third-order valence-electron chi connectivity index (χ3n) is 5.63. The van der Waals surface area contributed by atoms with Crippen LogP contribution >= 0.6 is 46.6 Å². The quantitative estimate of drug-likeness (QED) is 0.425. The fourth-order valence-electron chi connectivity index (χ4n) is 3.73. The Balaban J connectivity index is 1.68. The van der Waals surface area contributed by atoms with Crippen LogP contribution in [0.15, 0.2) is 42.5 Å². The van der Waals surface area contributed by atoms with Gasteiger partial charge in [0.05, 0.1) is 5.75 Å². The Kier molecular flexibility index (Phi) is 9.60. The van der Waals surface area contributed by atoms with Crippen molar-refractivity contribution in [3.05, 3.63) is 68.7 Å². The number of benzene rings is 2. The molecule has 0 radical (unpaired) electrons. The molecule has 0 bridgehead atoms. The average Bonchev–Trinajstić information content (AvgIpc) is 3.27. The van der Waals surface area contributed by atoms with Gasteiger partial charge in [0.2, 0.25) is 11.8 Å². The zero-order valence-electron chi connectivity index (χ0n) is 18.0. The number of nitrogens with zero attached hydrogens (tertiary/aromatic N) is 1. The lowest BCUT2D eigenvalue weighted by Crippen LogP contribution is -2.50. The van der Waals surface area contributed by atoms with E-state index in [4.69, 9.17) is 34.8 Å². The lowest BCUT2D eigenvalue weighted by Gasteiger charge is -2.30. The van der Waals surface area contributed by atoms with Gasteiger partial charge in [0, 0.05) is 33.4 Å². The first-order chi connectivity index (χ1) is 15.3. The number of hydrogen-bond donors (Lipinski definition) is 1. The average molecular weight is 514 g/mol. The third-order valence-corrected chi connectivity index (χ3v) is 7.46. The molecule has 0 spiro atoms. The van der Waals surface area contributed by atoms with Crippen LogP contribution in [0.5, 0.6) is 0 Å². The van der Waals surface area contributed by atoms with Crippen LogP contribution in [0.3, 0.4) is 0 Å². The minimum absolute atomic E-state index is 0.107. The SMILES string of the molecule is C[C@@H](C(=O)NC1CCCC1)N(Cc1ccc(Cl)cc1Cl)C(=O)CSCc1ccc(Cl)cc1. The van der Waals surface area contributed by atoms with Gasteiger partial charge < -0.3 is 10.2 Å². The van der Waals surface area contributed by atoms with E-state index in [0.717, 1.165) is 36.8 Å². The number of thioether (sulfide) groups is 1. The fourth-order valence-corrected chi connectivity index (χ4v) is 5.19. The van der Waals surface area contributed by atoms with E-state index < -0.39 is 6.04 Å². The number of hydrogen-bond acceptors (Lipinski definition) is 3. The van der Waals surface area contributed by atoms with Crippen molar-refractivity contribution in [2.75, 3.05) is 5.75 Å². The van der Waals surface area contributed by atoms with E-state index >= 15 is 0 Å². The smallest absolute Gasteiger partial charge is 0.242 e. The summed E-state index contributed by atoms with van der Waals surface area (Å²) >= 11 is 19.8. The summed E-state index contributed by atoms with van der Waals surface area (Å²) in [6, 6.07) is 12.3. The predicted octanol–water partition coefficient (Wildman–Crippen LogP) is 6.36. The Morgan fingerprint density at radius 2 is 1.72 bits per heavy atom. The second-order valence-corrected chi connectivity index (χ2v) is 10.3. The van der Waals surface area contributed by atoms with Crippen molar-refractivity contribution < 1.29 is 9.59 Å². The summed E-state index contributed by atoms with van der Waals surface area (Å²) < 4.78 is 0. The van der Waals surface area contributed by atoms with Gasteiger partial charge in [0.25, 0.3) is 0 Å². The van der Waals surface area contributed by atoms with E-state index in [9.17, 15) is 9.59 Å². The molecule has 1 saturated carbocycles. The Bertz CT molecular complexity index is 933. The van der Waals surface area contributed by atoms with Gasteiger partial charge in [0.1, 0.15) is 6.04 Å². The molecular weight excluding hydrogens is 487 g/mol. The maximum Gasteiger partial charge on any atom is 0.242 e. The predicted molar refractivity (Wildman–Crippen MR) is 134 cm³/mol. The highest BCUT2D eigenvalue weighted by molar-refractivity contribution is 7.99. The summed E-state index contributed by atoms with van der Waals surface area (Å²) in [5, 5.41) is 4.80. The van der Waals surface area contributed by atoms with Gasteiger partial charge in [-0.2, -0.15) is 0 Å². The topological polar surface area (TPSA) is 49.4 Å². The number of carbonyl (C=O) groups excluding carboxylic acids is 2. The largest absolute Gasteiger partial charge is 0.352 e. The summed E-state index contributed by atoms with van der Waals surface area (Å²) in [5.74, 6) is 0.706. The van der Waals surface area contributed by atoms with Crippen molar-refractivity contribution >= 4 is 58.4 Å². The Morgan fingerprint density at radius 1 is 1.06 bits per heavy atom. The first-order valence-corrected chi connectivity index (χ1v) is 13.0. The van der Waals surface area contributed by atoms with Crippen LogP contribution < -0.4 is 5.32 Å². The molecule has 2 aromatic carbocycles. The Hall–Kier alpha value is -1.40. The van der Waals surface area contributed by atoms with Crippen molar-refractivity contribution in [3.8, 4) is 0 Å². The zero-order chi connectivity index (χ0) is 23.1. The molecule has 0 aliphatic heterocycles. The monoisotopic (exact) mass is 512 g/mol. The van der Waals surface area contributed by atoms with Gasteiger partial charge in [0.15, 0.2) is 0 Å². The van der Waals surface area contributed by atoms with Gasteiger partial charge in [-0.15, -0.1) is 11.8 Å². The molecule has 1 atom stereocenters. The van der Waals surface area contributed by atoms with Crippen molar-refractivity contribution in [1.29, 1.82) is 0 Å². The molecule has 3 rings (SSSR count). The molecule has 172 valence electrons. The lowest BCUT2D eigenvalue weighted by atomic mass is 10.1. The van der Waals surface area contributed by atoms with Crippen LogP contribution in [0.2, 0.25) is 15.1 Å². The molecule has 1 aliphatic rings. The first-order valence-electron chi connectivity index (χ1n) is 10.7. The third kappa shape index (κ3) is 7.31. The van der Waals surface area contributed by atoms with Gasteiger partial charge in [-0.25, -0.2) is 0 Å². The van der Waals surface area contributed by atoms with Crippen molar-refractivity contribution in [2.45, 2.75) is 57.0 Å². The van der Waals surface area contributed by atoms with E-state index in [-0.39, 0.29) is 30.2 Å². The van der Waals surface area contributed by atoms with Gasteiger partial charge in [-0.1, -0.05) is 65.8 Å². The normalized spacial score (nSPS) is 14.9. The summed E-state index contributed by atoms with van der Waals surface area (Å²) in [6.07, 6.45) is 4.24. The molecule has 0 unspecified atom stereocenters. The fraction of sp³-hybridized carbons (Fsp3) is 0.417. The summed E-state index contributed by atoms with van der Waals surface area (Å²) in [5.41, 5.74) is 1.85. The Labute approximate surface area is 209 Å². The number of nitrogens with one attached hydrogen (secondary N) is 1. The minimum Gasteiger partial charge on any atom is -0.352 e. The van der Waals surface area contributed by atoms with E-state index in [2.05, 4.69) is 5.32 Å². The van der Waals surface area contributed by atoms with E-state index in [0.29, 0.717) is 20.8 Å². The summed E-state index contributed by atoms with van der Waals surface area (Å²) in [6.45, 7) is 2.02. The van der Waals surface area contributed by atoms with Crippen LogP contribution in [-0.2, 0) is 21.9 Å². The van der Waals surface area contributed by atoms with Crippen LogP contribution in [0.4, 0.5) is 0 Å². The standard InChI is InChI=1S/C24H27Cl3N2O2S/c1-16(24(31)28-21-4-2-3-5-21)29(13-18-8-11-20(26)12-22(18)27)23(30)15-32-14-17-6-9-19(25)10-7-17/h6-12,16,21H,2-5,13-15H2,1H3,(H,28,31)/t16-/m0/s1. The van der Waals surface area contributed by atoms with E-state index in [1.807, 2.05) is 24.3 Å². The zero-order valence-corrected chi connectivity index (χ0v) is 21.0. The molecule has 2 amide bonds. The van der Waals surface area contributed by atoms with E-state index in [1.165, 1.54) is 11.8 Å². The highest BCUT2D eigenvalue weighted by Crippen LogP contribution is 2.24. The molecular formula is C24H27Cl3N2O2S. The molecule has 4 nitrogen and oxygen atoms in total. The molecule has 1 fully saturated rings. The van der Waals surface area contributed by atoms with Crippen LogP contribution in [-0.4, -0.2) is 34.6 Å². The van der Waals surface area contributed by atoms with Crippen molar-refractivity contribution in [1.82, 2.24) is 10.2 Å². The van der Waals surface area contributed by atoms with Crippen LogP contribution in [0, 0.1) is 0 Å². The summed E-state index contributed by atoms with van der Waals surface area (Å²) in [7, 11) is 0. The van der Waals surface area contributed by atoms with E-state index in [1.54, 1.807) is 30.0 Å². The maximum absolute atomic E-state index is 13.2. The molecule has 0 saturated heterocycles. The number of carbonyl (C=O) groups is 2. The second-order valence-electron chi connectivity index (χ2n) is 8.04. The molecule has 32 heavy (non-hydrogen) atoms. The number of halogens is 3. The summed E-state index contributed by atoms with van der Waals surface area (Å²) in [4.78, 5) is 27.7. The molecule has 1 aliphatic carbocycles. The maximum atomic E-state index is 13.2.